The molecule has 1 heterocycles. The molecule has 0 unspecified atom stereocenters. The highest BCUT2D eigenvalue weighted by atomic mass is 32.2. The second-order valence-electron chi connectivity index (χ2n) is 2.15. The Morgan fingerprint density at radius 3 is 2.33 bits per heavy atom. The highest BCUT2D eigenvalue weighted by Crippen LogP contribution is 2.48. The van der Waals surface area contributed by atoms with E-state index in [0.717, 1.165) is 0 Å². The molecule has 1 aliphatic heterocycles. The zero-order valence-corrected chi connectivity index (χ0v) is 8.49. The summed E-state index contributed by atoms with van der Waals surface area (Å²) in [5.41, 5.74) is 0. The van der Waals surface area contributed by atoms with Gasteiger partial charge < -0.3 is 0 Å². The molecule has 0 aliphatic carbocycles. The van der Waals surface area contributed by atoms with Gasteiger partial charge in [0.1, 0.15) is 0 Å². The van der Waals surface area contributed by atoms with Gasteiger partial charge in [-0.05, 0) is 12.1 Å². The molecular formula is C7H5O2PS2. The highest BCUT2D eigenvalue weighted by molar-refractivity contribution is 8.19. The predicted molar refractivity (Wildman–Crippen MR) is 50.6 cm³/mol. The molecule has 0 radical (unpaired) electrons. The third-order valence-corrected chi connectivity index (χ3v) is 4.51. The van der Waals surface area contributed by atoms with E-state index in [1.54, 1.807) is 23.5 Å². The van der Waals surface area contributed by atoms with Crippen LogP contribution in [0.5, 0.6) is 0 Å². The van der Waals surface area contributed by atoms with Crippen molar-refractivity contribution >= 4 is 32.2 Å². The minimum absolute atomic E-state index is 0.0541. The molecule has 62 valence electrons. The minimum atomic E-state index is -0.247. The first-order valence-electron chi connectivity index (χ1n) is 3.31. The van der Waals surface area contributed by atoms with Crippen LogP contribution in [0.15, 0.2) is 34.1 Å². The lowest BCUT2D eigenvalue weighted by molar-refractivity contribution is 0.391. The van der Waals surface area contributed by atoms with Crippen LogP contribution in [0.4, 0.5) is 0 Å². The Morgan fingerprint density at radius 1 is 1.25 bits per heavy atom. The van der Waals surface area contributed by atoms with Crippen molar-refractivity contribution in [2.45, 2.75) is 14.6 Å². The largest absolute Gasteiger partial charge is 0.329 e. The van der Waals surface area contributed by atoms with Crippen molar-refractivity contribution in [2.75, 3.05) is 0 Å². The van der Waals surface area contributed by atoms with Gasteiger partial charge in [0.15, 0.2) is 4.77 Å². The first kappa shape index (κ1) is 8.57. The van der Waals surface area contributed by atoms with E-state index in [0.29, 0.717) is 0 Å². The molecule has 2 rings (SSSR count). The van der Waals surface area contributed by atoms with Gasteiger partial charge in [-0.2, -0.15) is 0 Å². The van der Waals surface area contributed by atoms with Crippen LogP contribution in [0.3, 0.4) is 0 Å². The summed E-state index contributed by atoms with van der Waals surface area (Å²) in [4.78, 5) is 2.41. The van der Waals surface area contributed by atoms with E-state index in [1.165, 1.54) is 9.79 Å². The van der Waals surface area contributed by atoms with Crippen molar-refractivity contribution in [3.8, 4) is 0 Å². The van der Waals surface area contributed by atoms with E-state index in [2.05, 4.69) is 0 Å². The molecule has 1 aromatic rings. The maximum absolute atomic E-state index is 10.2. The van der Waals surface area contributed by atoms with Crippen molar-refractivity contribution in [1.29, 1.82) is 0 Å². The molecule has 0 saturated carbocycles. The van der Waals surface area contributed by atoms with E-state index in [9.17, 15) is 4.57 Å². The molecule has 0 saturated heterocycles. The summed E-state index contributed by atoms with van der Waals surface area (Å²) in [6.45, 7) is 0. The number of hydrogen-bond donors (Lipinski definition) is 0. The average Bonchev–Trinajstić information content (AvgIpc) is 2.47. The molecule has 0 bridgehead atoms. The lowest BCUT2D eigenvalue weighted by Gasteiger charge is -1.98. The van der Waals surface area contributed by atoms with E-state index >= 15 is 0 Å². The smallest absolute Gasteiger partial charge is 0.268 e. The highest BCUT2D eigenvalue weighted by Gasteiger charge is 2.23. The fraction of sp³-hybridized carbons (Fsp3) is 0.143. The lowest BCUT2D eigenvalue weighted by atomic mass is 10.4. The third-order valence-electron chi connectivity index (χ3n) is 1.42. The van der Waals surface area contributed by atoms with Crippen molar-refractivity contribution in [3.05, 3.63) is 24.3 Å². The SMILES string of the molecule is O=POC1Sc2ccccc2S1. The molecule has 0 amide bonds. The Kier molecular flexibility index (Phi) is 2.71. The number of fused-ring (bicyclic) bond motifs is 1. The van der Waals surface area contributed by atoms with Crippen LogP contribution in [-0.2, 0) is 9.09 Å². The molecule has 0 atom stereocenters. The second kappa shape index (κ2) is 3.79. The molecule has 1 aliphatic rings. The lowest BCUT2D eigenvalue weighted by Crippen LogP contribution is -1.87. The van der Waals surface area contributed by atoms with Crippen LogP contribution in [0.25, 0.3) is 0 Å². The van der Waals surface area contributed by atoms with Gasteiger partial charge in [0.25, 0.3) is 0 Å². The molecule has 0 N–H and O–H groups in total. The van der Waals surface area contributed by atoms with Crippen molar-refractivity contribution in [3.63, 3.8) is 0 Å². The number of benzene rings is 1. The van der Waals surface area contributed by atoms with Gasteiger partial charge in [0, 0.05) is 9.79 Å². The summed E-state index contributed by atoms with van der Waals surface area (Å²) >= 11 is 3.19. The fourth-order valence-electron chi connectivity index (χ4n) is 0.954. The third kappa shape index (κ3) is 1.67. The van der Waals surface area contributed by atoms with Crippen LogP contribution >= 0.6 is 32.2 Å². The van der Waals surface area contributed by atoms with E-state index in [4.69, 9.17) is 4.52 Å². The summed E-state index contributed by atoms with van der Waals surface area (Å²) in [5.74, 6) is 0. The van der Waals surface area contributed by atoms with Crippen LogP contribution in [-0.4, -0.2) is 4.77 Å². The van der Waals surface area contributed by atoms with Gasteiger partial charge in [0.2, 0.25) is 0 Å². The van der Waals surface area contributed by atoms with Crippen molar-refractivity contribution in [1.82, 2.24) is 0 Å². The van der Waals surface area contributed by atoms with Gasteiger partial charge in [0.05, 0.1) is 0 Å². The summed E-state index contributed by atoms with van der Waals surface area (Å²) in [6.07, 6.45) is 0. The Bertz CT molecular complexity index is 280. The summed E-state index contributed by atoms with van der Waals surface area (Å²) < 4.78 is 15.0. The van der Waals surface area contributed by atoms with E-state index in [1.807, 2.05) is 24.3 Å². The summed E-state index contributed by atoms with van der Waals surface area (Å²) in [5, 5.41) is 0. The molecule has 5 heteroatoms. The first-order chi connectivity index (χ1) is 5.90. The van der Waals surface area contributed by atoms with E-state index < -0.39 is 0 Å². The molecule has 0 aromatic heterocycles. The topological polar surface area (TPSA) is 26.3 Å². The Labute approximate surface area is 80.4 Å². The second-order valence-corrected chi connectivity index (χ2v) is 5.02. The number of rotatable bonds is 2. The molecule has 0 spiro atoms. The normalized spacial score (nSPS) is 16.7. The van der Waals surface area contributed by atoms with Crippen LogP contribution < -0.4 is 0 Å². The Morgan fingerprint density at radius 2 is 1.83 bits per heavy atom. The van der Waals surface area contributed by atoms with E-state index in [-0.39, 0.29) is 13.5 Å². The van der Waals surface area contributed by atoms with Gasteiger partial charge in [-0.3, -0.25) is 4.52 Å². The maximum atomic E-state index is 10.2. The zero-order chi connectivity index (χ0) is 8.39. The molecule has 0 fully saturated rings. The molecule has 1 aromatic carbocycles. The van der Waals surface area contributed by atoms with Gasteiger partial charge in [-0.25, -0.2) is 4.57 Å². The van der Waals surface area contributed by atoms with Crippen molar-refractivity contribution < 1.29 is 9.09 Å². The molecule has 12 heavy (non-hydrogen) atoms. The van der Waals surface area contributed by atoms with Crippen LogP contribution in [0.1, 0.15) is 0 Å². The number of thioether (sulfide) groups is 2. The predicted octanol–water partition coefficient (Wildman–Crippen LogP) is 3.39. The Balaban J connectivity index is 2.16. The quantitative estimate of drug-likeness (QED) is 0.708. The average molecular weight is 216 g/mol. The first-order valence-corrected chi connectivity index (χ1v) is 5.80. The maximum Gasteiger partial charge on any atom is 0.329 e. The van der Waals surface area contributed by atoms with Gasteiger partial charge in [-0.15, -0.1) is 0 Å². The monoisotopic (exact) mass is 216 g/mol. The van der Waals surface area contributed by atoms with Gasteiger partial charge in [-0.1, -0.05) is 35.7 Å². The summed E-state index contributed by atoms with van der Waals surface area (Å²) in [7, 11) is -0.247. The van der Waals surface area contributed by atoms with Crippen molar-refractivity contribution in [2.24, 2.45) is 0 Å². The molecular weight excluding hydrogens is 211 g/mol. The fourth-order valence-corrected chi connectivity index (χ4v) is 3.78. The Hall–Kier alpha value is -0.0200. The van der Waals surface area contributed by atoms with Crippen LogP contribution in [0, 0.1) is 0 Å². The minimum Gasteiger partial charge on any atom is -0.268 e. The van der Waals surface area contributed by atoms with Gasteiger partial charge >= 0.3 is 8.69 Å². The summed E-state index contributed by atoms with van der Waals surface area (Å²) in [6, 6.07) is 8.06. The standard InChI is InChI=1S/C7H5O2PS2/c8-10-9-7-11-5-3-1-2-4-6(5)12-7/h1-4,7H. The van der Waals surface area contributed by atoms with Crippen LogP contribution in [0.2, 0.25) is 0 Å². The molecule has 2 nitrogen and oxygen atoms in total. The number of hydrogen-bond acceptors (Lipinski definition) is 4. The zero-order valence-electron chi connectivity index (χ0n) is 5.97.